The molecule has 0 fully saturated rings. The van der Waals surface area contributed by atoms with Crippen LogP contribution in [-0.4, -0.2) is 26.6 Å². The smallest absolute Gasteiger partial charge is 0.304 e. The number of aromatic nitrogens is 2. The van der Waals surface area contributed by atoms with E-state index in [2.05, 4.69) is 28.0 Å². The minimum Gasteiger partial charge on any atom is -0.481 e. The van der Waals surface area contributed by atoms with Crippen molar-refractivity contribution < 1.29 is 9.90 Å². The molecular formula is C10H15BrN2O2S. The highest BCUT2D eigenvalue weighted by molar-refractivity contribution is 9.10. The first-order chi connectivity index (χ1) is 7.56. The summed E-state index contributed by atoms with van der Waals surface area (Å²) in [5.41, 5.74) is 2.17. The van der Waals surface area contributed by atoms with E-state index in [4.69, 9.17) is 5.11 Å². The predicted molar refractivity (Wildman–Crippen MR) is 68.7 cm³/mol. The molecule has 0 unspecified atom stereocenters. The molecule has 0 spiro atoms. The van der Waals surface area contributed by atoms with Crippen molar-refractivity contribution in [2.24, 2.45) is 7.05 Å². The molecule has 1 aromatic rings. The number of thioether (sulfide) groups is 1. The van der Waals surface area contributed by atoms with E-state index in [0.717, 1.165) is 28.0 Å². The zero-order valence-corrected chi connectivity index (χ0v) is 11.8. The number of carboxylic acid groups (broad SMARTS) is 1. The molecule has 0 bridgehead atoms. The molecule has 0 saturated carbocycles. The Bertz CT molecular complexity index is 379. The summed E-state index contributed by atoms with van der Waals surface area (Å²) in [6.45, 7) is 2.06. The second kappa shape index (κ2) is 6.30. The zero-order chi connectivity index (χ0) is 12.1. The van der Waals surface area contributed by atoms with Crippen LogP contribution in [0, 0.1) is 0 Å². The van der Waals surface area contributed by atoms with Crippen molar-refractivity contribution in [1.82, 2.24) is 9.78 Å². The van der Waals surface area contributed by atoms with Crippen LogP contribution in [0.3, 0.4) is 0 Å². The molecule has 0 atom stereocenters. The van der Waals surface area contributed by atoms with E-state index >= 15 is 0 Å². The highest BCUT2D eigenvalue weighted by atomic mass is 79.9. The summed E-state index contributed by atoms with van der Waals surface area (Å²) in [6, 6.07) is 0. The Morgan fingerprint density at radius 3 is 2.81 bits per heavy atom. The average Bonchev–Trinajstić information content (AvgIpc) is 2.50. The minimum atomic E-state index is -0.745. The Morgan fingerprint density at radius 2 is 2.31 bits per heavy atom. The van der Waals surface area contributed by atoms with E-state index in [-0.39, 0.29) is 6.42 Å². The Kier molecular flexibility index (Phi) is 5.34. The molecule has 4 nitrogen and oxygen atoms in total. The van der Waals surface area contributed by atoms with Gasteiger partial charge in [-0.3, -0.25) is 9.48 Å². The SMILES string of the molecule is CCc1nn(C)c(CSCCC(=O)O)c1Br. The molecule has 0 aliphatic carbocycles. The average molecular weight is 307 g/mol. The third-order valence-electron chi connectivity index (χ3n) is 2.20. The first kappa shape index (κ1) is 13.6. The molecule has 0 amide bonds. The minimum absolute atomic E-state index is 0.209. The highest BCUT2D eigenvalue weighted by Crippen LogP contribution is 2.25. The van der Waals surface area contributed by atoms with Crippen molar-refractivity contribution in [3.05, 3.63) is 15.9 Å². The van der Waals surface area contributed by atoms with Gasteiger partial charge in [-0.05, 0) is 22.4 Å². The first-order valence-electron chi connectivity index (χ1n) is 5.06. The lowest BCUT2D eigenvalue weighted by Crippen LogP contribution is -1.99. The second-order valence-corrected chi connectivity index (χ2v) is 5.28. The molecule has 1 rings (SSSR count). The van der Waals surface area contributed by atoms with Crippen molar-refractivity contribution in [2.75, 3.05) is 5.75 Å². The monoisotopic (exact) mass is 306 g/mol. The van der Waals surface area contributed by atoms with Gasteiger partial charge >= 0.3 is 5.97 Å². The van der Waals surface area contributed by atoms with Crippen LogP contribution in [0.5, 0.6) is 0 Å². The lowest BCUT2D eigenvalue weighted by Gasteiger charge is -2.01. The van der Waals surface area contributed by atoms with Gasteiger partial charge in [-0.1, -0.05) is 6.92 Å². The molecule has 6 heteroatoms. The van der Waals surface area contributed by atoms with Gasteiger partial charge in [0, 0.05) is 18.6 Å². The van der Waals surface area contributed by atoms with Gasteiger partial charge in [0.2, 0.25) is 0 Å². The maximum atomic E-state index is 10.4. The van der Waals surface area contributed by atoms with E-state index in [1.165, 1.54) is 0 Å². The molecule has 0 aliphatic heterocycles. The van der Waals surface area contributed by atoms with Gasteiger partial charge in [0.05, 0.1) is 22.3 Å². The molecule has 0 radical (unpaired) electrons. The van der Waals surface area contributed by atoms with Gasteiger partial charge in [0.25, 0.3) is 0 Å². The molecule has 0 aromatic carbocycles. The molecular weight excluding hydrogens is 292 g/mol. The van der Waals surface area contributed by atoms with Crippen molar-refractivity contribution >= 4 is 33.7 Å². The van der Waals surface area contributed by atoms with E-state index < -0.39 is 5.97 Å². The highest BCUT2D eigenvalue weighted by Gasteiger charge is 2.12. The Hall–Kier alpha value is -0.490. The fraction of sp³-hybridized carbons (Fsp3) is 0.600. The largest absolute Gasteiger partial charge is 0.481 e. The third-order valence-corrected chi connectivity index (χ3v) is 4.09. The number of aryl methyl sites for hydroxylation is 2. The molecule has 0 saturated heterocycles. The van der Waals surface area contributed by atoms with Gasteiger partial charge in [0.1, 0.15) is 0 Å². The molecule has 90 valence electrons. The number of rotatable bonds is 6. The second-order valence-electron chi connectivity index (χ2n) is 3.38. The number of hydrogen-bond acceptors (Lipinski definition) is 3. The maximum absolute atomic E-state index is 10.4. The van der Waals surface area contributed by atoms with Crippen molar-refractivity contribution in [2.45, 2.75) is 25.5 Å². The predicted octanol–water partition coefficient (Wildman–Crippen LogP) is 2.45. The number of carbonyl (C=O) groups is 1. The summed E-state index contributed by atoms with van der Waals surface area (Å²) in [5.74, 6) is 0.678. The number of halogens is 1. The fourth-order valence-corrected chi connectivity index (χ4v) is 3.23. The summed E-state index contributed by atoms with van der Waals surface area (Å²) in [6.07, 6.45) is 1.11. The van der Waals surface area contributed by atoms with Crippen LogP contribution in [0.1, 0.15) is 24.7 Å². The summed E-state index contributed by atoms with van der Waals surface area (Å²) in [5, 5.41) is 12.9. The number of hydrogen-bond donors (Lipinski definition) is 1. The third kappa shape index (κ3) is 3.52. The standard InChI is InChI=1S/C10H15BrN2O2S/c1-3-7-10(11)8(13(2)12-7)6-16-5-4-9(14)15/h3-6H2,1-2H3,(H,14,15). The van der Waals surface area contributed by atoms with Gasteiger partial charge in [-0.2, -0.15) is 16.9 Å². The van der Waals surface area contributed by atoms with E-state index in [1.807, 2.05) is 11.7 Å². The lowest BCUT2D eigenvalue weighted by molar-refractivity contribution is -0.136. The van der Waals surface area contributed by atoms with Gasteiger partial charge in [0.15, 0.2) is 0 Å². The normalized spacial score (nSPS) is 10.7. The molecule has 1 N–H and O–H groups in total. The molecule has 1 heterocycles. The topological polar surface area (TPSA) is 55.1 Å². The van der Waals surface area contributed by atoms with E-state index in [9.17, 15) is 4.79 Å². The quantitative estimate of drug-likeness (QED) is 0.820. The van der Waals surface area contributed by atoms with Crippen LogP contribution >= 0.6 is 27.7 Å². The fourth-order valence-electron chi connectivity index (χ4n) is 1.30. The van der Waals surface area contributed by atoms with Crippen molar-refractivity contribution in [3.8, 4) is 0 Å². The number of nitrogens with zero attached hydrogens (tertiary/aromatic N) is 2. The zero-order valence-electron chi connectivity index (χ0n) is 9.36. The van der Waals surface area contributed by atoms with Gasteiger partial charge in [-0.25, -0.2) is 0 Å². The van der Waals surface area contributed by atoms with Crippen LogP contribution in [0.2, 0.25) is 0 Å². The van der Waals surface area contributed by atoms with Crippen LogP contribution in [0.4, 0.5) is 0 Å². The Morgan fingerprint density at radius 1 is 1.62 bits per heavy atom. The van der Waals surface area contributed by atoms with Crippen LogP contribution in [-0.2, 0) is 24.0 Å². The maximum Gasteiger partial charge on any atom is 0.304 e. The summed E-state index contributed by atoms with van der Waals surface area (Å²) in [4.78, 5) is 10.4. The van der Waals surface area contributed by atoms with Gasteiger partial charge < -0.3 is 5.11 Å². The number of carboxylic acids is 1. The summed E-state index contributed by atoms with van der Waals surface area (Å²) >= 11 is 5.15. The summed E-state index contributed by atoms with van der Waals surface area (Å²) in [7, 11) is 1.91. The Balaban J connectivity index is 2.53. The van der Waals surface area contributed by atoms with E-state index in [1.54, 1.807) is 11.8 Å². The molecule has 16 heavy (non-hydrogen) atoms. The number of aliphatic carboxylic acids is 1. The lowest BCUT2D eigenvalue weighted by atomic mass is 10.3. The van der Waals surface area contributed by atoms with Crippen LogP contribution in [0.25, 0.3) is 0 Å². The van der Waals surface area contributed by atoms with Crippen molar-refractivity contribution in [3.63, 3.8) is 0 Å². The first-order valence-corrected chi connectivity index (χ1v) is 7.00. The van der Waals surface area contributed by atoms with Crippen LogP contribution < -0.4 is 0 Å². The molecule has 1 aromatic heterocycles. The Labute approximate surface area is 108 Å². The van der Waals surface area contributed by atoms with Gasteiger partial charge in [-0.15, -0.1) is 0 Å². The van der Waals surface area contributed by atoms with Crippen molar-refractivity contribution in [1.29, 1.82) is 0 Å². The van der Waals surface area contributed by atoms with Crippen LogP contribution in [0.15, 0.2) is 4.47 Å². The summed E-state index contributed by atoms with van der Waals surface area (Å²) < 4.78 is 2.91. The van der Waals surface area contributed by atoms with E-state index in [0.29, 0.717) is 5.75 Å². The molecule has 0 aliphatic rings.